The number of hydrogen-bond donors (Lipinski definition) is 1. The molecule has 1 aliphatic heterocycles. The van der Waals surface area contributed by atoms with Gasteiger partial charge in [0.15, 0.2) is 0 Å². The highest BCUT2D eigenvalue weighted by Crippen LogP contribution is 2.30. The Balaban J connectivity index is 1.26. The summed E-state index contributed by atoms with van der Waals surface area (Å²) in [6, 6.07) is 16.0. The molecule has 1 N–H and O–H groups in total. The van der Waals surface area contributed by atoms with Gasteiger partial charge >= 0.3 is 0 Å². The first kappa shape index (κ1) is 20.7. The summed E-state index contributed by atoms with van der Waals surface area (Å²) >= 11 is 1.47. The molecule has 0 bridgehead atoms. The number of nitrogens with one attached hydrogen (secondary N) is 1. The smallest absolute Gasteiger partial charge is 0.261 e. The second kappa shape index (κ2) is 8.72. The first-order valence-corrected chi connectivity index (χ1v) is 11.6. The molecule has 164 valence electrons. The van der Waals surface area contributed by atoms with Crippen LogP contribution in [-0.2, 0) is 6.54 Å². The predicted molar refractivity (Wildman–Crippen MR) is 129 cm³/mol. The molecule has 7 nitrogen and oxygen atoms in total. The van der Waals surface area contributed by atoms with Gasteiger partial charge in [-0.2, -0.15) is 5.10 Å². The Labute approximate surface area is 191 Å². The van der Waals surface area contributed by atoms with Crippen LogP contribution in [0.1, 0.15) is 20.9 Å². The van der Waals surface area contributed by atoms with E-state index in [4.69, 9.17) is 0 Å². The molecule has 0 spiro atoms. The highest BCUT2D eigenvalue weighted by molar-refractivity contribution is 7.20. The van der Waals surface area contributed by atoms with E-state index in [1.54, 1.807) is 0 Å². The maximum Gasteiger partial charge on any atom is 0.261 e. The maximum atomic E-state index is 12.8. The number of para-hydroxylation sites is 1. The molecular formula is C24H26N6OS. The molecule has 1 aliphatic rings. The molecule has 4 heterocycles. The van der Waals surface area contributed by atoms with Crippen LogP contribution in [0.25, 0.3) is 15.9 Å². The van der Waals surface area contributed by atoms with E-state index < -0.39 is 0 Å². The number of carbonyl (C=O) groups is 1. The highest BCUT2D eigenvalue weighted by atomic mass is 32.1. The molecular weight excluding hydrogens is 420 g/mol. The van der Waals surface area contributed by atoms with Crippen LogP contribution in [0.3, 0.4) is 0 Å². The molecule has 0 saturated carbocycles. The van der Waals surface area contributed by atoms with Gasteiger partial charge in [-0.15, -0.1) is 11.3 Å². The fourth-order valence-corrected chi connectivity index (χ4v) is 5.02. The van der Waals surface area contributed by atoms with E-state index in [0.29, 0.717) is 11.4 Å². The molecule has 4 aromatic rings. The zero-order chi connectivity index (χ0) is 22.1. The molecule has 3 aromatic heterocycles. The van der Waals surface area contributed by atoms with Crippen LogP contribution in [0, 0.1) is 6.92 Å². The summed E-state index contributed by atoms with van der Waals surface area (Å²) < 4.78 is 1.91. The molecule has 0 atom stereocenters. The van der Waals surface area contributed by atoms with Crippen LogP contribution in [0.2, 0.25) is 0 Å². The first-order valence-electron chi connectivity index (χ1n) is 10.8. The minimum Gasteiger partial charge on any atom is -0.354 e. The van der Waals surface area contributed by atoms with Crippen LogP contribution in [0.15, 0.2) is 54.7 Å². The van der Waals surface area contributed by atoms with Gasteiger partial charge in [-0.1, -0.05) is 24.3 Å². The summed E-state index contributed by atoms with van der Waals surface area (Å²) in [5, 5.41) is 8.69. The summed E-state index contributed by atoms with van der Waals surface area (Å²) in [6.45, 7) is 6.51. The number of carbonyl (C=O) groups excluding carboxylic acids is 1. The SMILES string of the molecule is Cc1nn(-c2ccccc2)c2sc(C(=O)NCc3ccc(N4CCN(C)CC4)nc3)cc12. The first-order chi connectivity index (χ1) is 15.6. The van der Waals surface area contributed by atoms with E-state index in [-0.39, 0.29) is 5.91 Å². The van der Waals surface area contributed by atoms with Crippen molar-refractivity contribution in [3.8, 4) is 5.69 Å². The number of likely N-dealkylation sites (N-methyl/N-ethyl adjacent to an activating group) is 1. The topological polar surface area (TPSA) is 66.3 Å². The largest absolute Gasteiger partial charge is 0.354 e. The van der Waals surface area contributed by atoms with Gasteiger partial charge in [0.05, 0.1) is 16.3 Å². The lowest BCUT2D eigenvalue weighted by Gasteiger charge is -2.33. The fourth-order valence-electron chi connectivity index (χ4n) is 3.92. The standard InChI is InChI=1S/C24H26N6OS/c1-17-20-14-21(32-24(20)30(27-17)19-6-4-3-5-7-19)23(31)26-16-18-8-9-22(25-15-18)29-12-10-28(2)11-13-29/h3-9,14-15H,10-13,16H2,1-2H3,(H,26,31). The third kappa shape index (κ3) is 4.11. The van der Waals surface area contributed by atoms with Crippen molar-refractivity contribution >= 4 is 33.3 Å². The molecule has 5 rings (SSSR count). The average molecular weight is 447 g/mol. The number of fused-ring (bicyclic) bond motifs is 1. The van der Waals surface area contributed by atoms with Crippen molar-refractivity contribution in [1.29, 1.82) is 0 Å². The minimum absolute atomic E-state index is 0.0756. The van der Waals surface area contributed by atoms with E-state index in [1.807, 2.05) is 66.3 Å². The number of amides is 1. The number of thiophene rings is 1. The van der Waals surface area contributed by atoms with Crippen molar-refractivity contribution in [2.75, 3.05) is 38.1 Å². The van der Waals surface area contributed by atoms with E-state index in [9.17, 15) is 4.79 Å². The lowest BCUT2D eigenvalue weighted by atomic mass is 10.2. The van der Waals surface area contributed by atoms with Gasteiger partial charge < -0.3 is 15.1 Å². The van der Waals surface area contributed by atoms with Crippen molar-refractivity contribution in [3.63, 3.8) is 0 Å². The summed E-state index contributed by atoms with van der Waals surface area (Å²) in [7, 11) is 2.14. The number of rotatable bonds is 5. The Bertz CT molecular complexity index is 1220. The van der Waals surface area contributed by atoms with Crippen molar-refractivity contribution in [2.45, 2.75) is 13.5 Å². The molecule has 8 heteroatoms. The monoisotopic (exact) mass is 446 g/mol. The van der Waals surface area contributed by atoms with Crippen molar-refractivity contribution in [3.05, 3.63) is 70.9 Å². The molecule has 0 radical (unpaired) electrons. The van der Waals surface area contributed by atoms with Crippen LogP contribution >= 0.6 is 11.3 Å². The molecule has 1 fully saturated rings. The van der Waals surface area contributed by atoms with Crippen LogP contribution in [0.5, 0.6) is 0 Å². The third-order valence-electron chi connectivity index (χ3n) is 5.86. The fraction of sp³-hybridized carbons (Fsp3) is 0.292. The van der Waals surface area contributed by atoms with Crippen LogP contribution in [-0.4, -0.2) is 58.8 Å². The van der Waals surface area contributed by atoms with Crippen LogP contribution < -0.4 is 10.2 Å². The molecule has 0 aliphatic carbocycles. The zero-order valence-electron chi connectivity index (χ0n) is 18.3. The molecule has 32 heavy (non-hydrogen) atoms. The Kier molecular flexibility index (Phi) is 5.63. The summed E-state index contributed by atoms with van der Waals surface area (Å²) in [4.78, 5) is 23.7. The Hall–Kier alpha value is -3.23. The van der Waals surface area contributed by atoms with Crippen LogP contribution in [0.4, 0.5) is 5.82 Å². The Morgan fingerprint density at radius 2 is 1.88 bits per heavy atom. The molecule has 1 amide bonds. The number of benzene rings is 1. The number of piperazine rings is 1. The van der Waals surface area contributed by atoms with Gasteiger partial charge in [0.2, 0.25) is 0 Å². The number of anilines is 1. The van der Waals surface area contributed by atoms with Gasteiger partial charge in [-0.25, -0.2) is 9.67 Å². The van der Waals surface area contributed by atoms with Gasteiger partial charge in [0.25, 0.3) is 5.91 Å². The zero-order valence-corrected chi connectivity index (χ0v) is 19.1. The van der Waals surface area contributed by atoms with E-state index in [1.165, 1.54) is 11.3 Å². The Morgan fingerprint density at radius 3 is 2.59 bits per heavy atom. The highest BCUT2D eigenvalue weighted by Gasteiger charge is 2.18. The van der Waals surface area contributed by atoms with Crippen molar-refractivity contribution < 1.29 is 4.79 Å². The molecule has 1 aromatic carbocycles. The average Bonchev–Trinajstić information content (AvgIpc) is 3.40. The summed E-state index contributed by atoms with van der Waals surface area (Å²) in [5.74, 6) is 0.923. The number of hydrogen-bond acceptors (Lipinski definition) is 6. The summed E-state index contributed by atoms with van der Waals surface area (Å²) in [6.07, 6.45) is 1.86. The van der Waals surface area contributed by atoms with E-state index >= 15 is 0 Å². The minimum atomic E-state index is -0.0756. The lowest BCUT2D eigenvalue weighted by molar-refractivity contribution is 0.0955. The summed E-state index contributed by atoms with van der Waals surface area (Å²) in [5.41, 5.74) is 2.90. The number of nitrogens with zero attached hydrogens (tertiary/aromatic N) is 5. The van der Waals surface area contributed by atoms with Gasteiger partial charge in [-0.05, 0) is 43.8 Å². The normalized spacial score (nSPS) is 14.8. The van der Waals surface area contributed by atoms with Crippen molar-refractivity contribution in [1.82, 2.24) is 25.0 Å². The van der Waals surface area contributed by atoms with Gasteiger partial charge in [0.1, 0.15) is 10.6 Å². The predicted octanol–water partition coefficient (Wildman–Crippen LogP) is 3.47. The second-order valence-corrected chi connectivity index (χ2v) is 9.19. The van der Waals surface area contributed by atoms with Crippen molar-refractivity contribution in [2.24, 2.45) is 0 Å². The van der Waals surface area contributed by atoms with Gasteiger partial charge in [-0.3, -0.25) is 4.79 Å². The molecule has 0 unspecified atom stereocenters. The quantitative estimate of drug-likeness (QED) is 0.509. The Morgan fingerprint density at radius 1 is 1.09 bits per heavy atom. The van der Waals surface area contributed by atoms with E-state index in [0.717, 1.165) is 59.2 Å². The number of aryl methyl sites for hydroxylation is 1. The number of pyridine rings is 1. The van der Waals surface area contributed by atoms with E-state index in [2.05, 4.69) is 32.2 Å². The van der Waals surface area contributed by atoms with Gasteiger partial charge in [0, 0.05) is 44.3 Å². The molecule has 1 saturated heterocycles. The third-order valence-corrected chi connectivity index (χ3v) is 6.97. The lowest BCUT2D eigenvalue weighted by Crippen LogP contribution is -2.44. The second-order valence-electron chi connectivity index (χ2n) is 8.16. The number of aromatic nitrogens is 3. The maximum absolute atomic E-state index is 12.8.